The van der Waals surface area contributed by atoms with Crippen molar-refractivity contribution in [2.75, 3.05) is 11.9 Å². The number of hydrogen-bond donors (Lipinski definition) is 1. The number of benzene rings is 4. The highest BCUT2D eigenvalue weighted by Gasteiger charge is 2.34. The summed E-state index contributed by atoms with van der Waals surface area (Å²) in [7, 11) is 0. The van der Waals surface area contributed by atoms with E-state index < -0.39 is 17.6 Å². The van der Waals surface area contributed by atoms with Gasteiger partial charge in [0.25, 0.3) is 5.91 Å². The second kappa shape index (κ2) is 10.3. The highest BCUT2D eigenvalue weighted by atomic mass is 35.5. The van der Waals surface area contributed by atoms with Crippen LogP contribution in [0.3, 0.4) is 0 Å². The fourth-order valence-corrected chi connectivity index (χ4v) is 3.83. The number of amides is 1. The van der Waals surface area contributed by atoms with Gasteiger partial charge in [-0.1, -0.05) is 48.0 Å². The highest BCUT2D eigenvalue weighted by Crippen LogP contribution is 2.37. The smallest absolute Gasteiger partial charge is 0.418 e. The van der Waals surface area contributed by atoms with Crippen LogP contribution in [0.4, 0.5) is 18.9 Å². The molecule has 4 aromatic carbocycles. The van der Waals surface area contributed by atoms with Crippen LogP contribution in [0.2, 0.25) is 5.02 Å². The molecule has 0 bridgehead atoms. The largest absolute Gasteiger partial charge is 0.493 e. The third-order valence-corrected chi connectivity index (χ3v) is 5.53. The summed E-state index contributed by atoms with van der Waals surface area (Å²) >= 11 is 5.73. The highest BCUT2D eigenvalue weighted by molar-refractivity contribution is 6.30. The van der Waals surface area contributed by atoms with E-state index in [1.54, 1.807) is 12.1 Å². The minimum absolute atomic E-state index is 0.0794. The lowest BCUT2D eigenvalue weighted by Gasteiger charge is -2.16. The molecule has 0 saturated carbocycles. The molecule has 1 N–H and O–H groups in total. The molecule has 0 radical (unpaired) electrons. The van der Waals surface area contributed by atoms with E-state index in [4.69, 9.17) is 21.1 Å². The first kappa shape index (κ1) is 24.4. The van der Waals surface area contributed by atoms with Gasteiger partial charge in [-0.3, -0.25) is 4.79 Å². The van der Waals surface area contributed by atoms with Gasteiger partial charge in [-0.25, -0.2) is 0 Å². The van der Waals surface area contributed by atoms with Crippen LogP contribution in [0.1, 0.15) is 28.4 Å². The zero-order chi connectivity index (χ0) is 25.0. The van der Waals surface area contributed by atoms with Crippen molar-refractivity contribution in [1.82, 2.24) is 0 Å². The van der Waals surface area contributed by atoms with Crippen LogP contribution in [0.5, 0.6) is 11.5 Å². The van der Waals surface area contributed by atoms with E-state index in [0.717, 1.165) is 22.9 Å². The molecule has 0 aliphatic rings. The topological polar surface area (TPSA) is 47.6 Å². The van der Waals surface area contributed by atoms with Crippen LogP contribution in [0, 0.1) is 0 Å². The maximum atomic E-state index is 13.4. The first-order valence-corrected chi connectivity index (χ1v) is 11.2. The average molecular weight is 500 g/mol. The maximum absolute atomic E-state index is 13.4. The molecular weight excluding hydrogens is 479 g/mol. The van der Waals surface area contributed by atoms with Gasteiger partial charge in [0.05, 0.1) is 17.9 Å². The molecule has 1 amide bonds. The van der Waals surface area contributed by atoms with E-state index in [1.807, 2.05) is 49.4 Å². The third kappa shape index (κ3) is 5.69. The Morgan fingerprint density at radius 2 is 1.69 bits per heavy atom. The van der Waals surface area contributed by atoms with Crippen molar-refractivity contribution in [3.8, 4) is 11.5 Å². The molecule has 35 heavy (non-hydrogen) atoms. The van der Waals surface area contributed by atoms with Gasteiger partial charge in [0.2, 0.25) is 0 Å². The predicted molar refractivity (Wildman–Crippen MR) is 130 cm³/mol. The summed E-state index contributed by atoms with van der Waals surface area (Å²) in [5.74, 6) is 0.482. The molecule has 4 aromatic rings. The summed E-state index contributed by atoms with van der Waals surface area (Å²) in [5.41, 5.74) is -0.661. The molecular formula is C27H21ClF3NO3. The van der Waals surface area contributed by atoms with Crippen molar-refractivity contribution in [1.29, 1.82) is 0 Å². The number of ether oxygens (including phenoxy) is 2. The Kier molecular flexibility index (Phi) is 7.17. The van der Waals surface area contributed by atoms with E-state index in [2.05, 4.69) is 5.32 Å². The van der Waals surface area contributed by atoms with Gasteiger partial charge in [0.15, 0.2) is 0 Å². The van der Waals surface area contributed by atoms with Gasteiger partial charge < -0.3 is 14.8 Å². The fourth-order valence-electron chi connectivity index (χ4n) is 3.66. The first-order valence-electron chi connectivity index (χ1n) is 10.8. The van der Waals surface area contributed by atoms with E-state index in [9.17, 15) is 18.0 Å². The SMILES string of the molecule is CCOc1ccc(C(=O)Nc2ccc(Cl)cc2C(F)(F)F)cc1COc1cccc2ccccc12. The zero-order valence-corrected chi connectivity index (χ0v) is 19.4. The molecule has 0 unspecified atom stereocenters. The summed E-state index contributed by atoms with van der Waals surface area (Å²) in [6.07, 6.45) is -4.68. The molecule has 0 aliphatic heterocycles. The first-order chi connectivity index (χ1) is 16.8. The molecule has 4 nitrogen and oxygen atoms in total. The minimum atomic E-state index is -4.68. The average Bonchev–Trinajstić information content (AvgIpc) is 2.84. The van der Waals surface area contributed by atoms with Crippen LogP contribution < -0.4 is 14.8 Å². The number of alkyl halides is 3. The van der Waals surface area contributed by atoms with Gasteiger partial charge in [-0.15, -0.1) is 0 Å². The molecule has 0 heterocycles. The van der Waals surface area contributed by atoms with Gasteiger partial charge in [0.1, 0.15) is 18.1 Å². The molecule has 180 valence electrons. The summed E-state index contributed by atoms with van der Waals surface area (Å²) in [6, 6.07) is 21.3. The second-order valence-corrected chi connectivity index (χ2v) is 8.10. The Bertz CT molecular complexity index is 1370. The maximum Gasteiger partial charge on any atom is 0.418 e. The summed E-state index contributed by atoms with van der Waals surface area (Å²) in [5, 5.41) is 4.21. The normalized spacial score (nSPS) is 11.3. The summed E-state index contributed by atoms with van der Waals surface area (Å²) in [4.78, 5) is 12.9. The van der Waals surface area contributed by atoms with Crippen molar-refractivity contribution >= 4 is 34.0 Å². The van der Waals surface area contributed by atoms with Gasteiger partial charge >= 0.3 is 6.18 Å². The van der Waals surface area contributed by atoms with Crippen LogP contribution >= 0.6 is 11.6 Å². The Morgan fingerprint density at radius 3 is 2.46 bits per heavy atom. The van der Waals surface area contributed by atoms with Crippen LogP contribution in [0.15, 0.2) is 78.9 Å². The minimum Gasteiger partial charge on any atom is -0.493 e. The summed E-state index contributed by atoms with van der Waals surface area (Å²) < 4.78 is 52.0. The number of rotatable bonds is 7. The Morgan fingerprint density at radius 1 is 0.914 bits per heavy atom. The third-order valence-electron chi connectivity index (χ3n) is 5.29. The lowest BCUT2D eigenvalue weighted by Crippen LogP contribution is -2.17. The lowest BCUT2D eigenvalue weighted by molar-refractivity contribution is -0.136. The molecule has 0 aromatic heterocycles. The number of carbonyl (C=O) groups excluding carboxylic acids is 1. The molecule has 0 atom stereocenters. The number of halogens is 4. The van der Waals surface area contributed by atoms with Crippen molar-refractivity contribution < 1.29 is 27.4 Å². The van der Waals surface area contributed by atoms with E-state index in [0.29, 0.717) is 23.7 Å². The number of carbonyl (C=O) groups is 1. The fraction of sp³-hybridized carbons (Fsp3) is 0.148. The van der Waals surface area contributed by atoms with Crippen LogP contribution in [0.25, 0.3) is 10.8 Å². The van der Waals surface area contributed by atoms with Gasteiger partial charge in [0, 0.05) is 21.5 Å². The quantitative estimate of drug-likeness (QED) is 0.283. The molecule has 0 fully saturated rings. The van der Waals surface area contributed by atoms with Crippen molar-refractivity contribution in [2.45, 2.75) is 19.7 Å². The van der Waals surface area contributed by atoms with E-state index in [-0.39, 0.29) is 22.9 Å². The van der Waals surface area contributed by atoms with Crippen molar-refractivity contribution in [3.63, 3.8) is 0 Å². The number of hydrogen-bond acceptors (Lipinski definition) is 3. The number of fused-ring (bicyclic) bond motifs is 1. The number of nitrogens with one attached hydrogen (secondary N) is 1. The van der Waals surface area contributed by atoms with E-state index >= 15 is 0 Å². The van der Waals surface area contributed by atoms with Gasteiger partial charge in [-0.2, -0.15) is 13.2 Å². The monoisotopic (exact) mass is 499 g/mol. The summed E-state index contributed by atoms with van der Waals surface area (Å²) in [6.45, 7) is 2.32. The van der Waals surface area contributed by atoms with Crippen molar-refractivity contribution in [3.05, 3.63) is 101 Å². The van der Waals surface area contributed by atoms with E-state index in [1.165, 1.54) is 12.1 Å². The molecule has 4 rings (SSSR count). The van der Waals surface area contributed by atoms with Crippen molar-refractivity contribution in [2.24, 2.45) is 0 Å². The van der Waals surface area contributed by atoms with Gasteiger partial charge in [-0.05, 0) is 54.8 Å². The molecule has 0 spiro atoms. The lowest BCUT2D eigenvalue weighted by atomic mass is 10.1. The standard InChI is InChI=1S/C27H21ClF3NO3/c1-2-34-24-13-10-18(26(33)32-23-12-11-20(28)15-22(23)27(29,30)31)14-19(24)16-35-25-9-5-7-17-6-3-4-8-21(17)25/h3-15H,2,16H2,1H3,(H,32,33). The zero-order valence-electron chi connectivity index (χ0n) is 18.7. The molecule has 0 aliphatic carbocycles. The second-order valence-electron chi connectivity index (χ2n) is 7.66. The Balaban J connectivity index is 1.60. The molecule has 8 heteroatoms. The Hall–Kier alpha value is -3.71. The number of anilines is 1. The molecule has 0 saturated heterocycles. The predicted octanol–water partition coefficient (Wildman–Crippen LogP) is 7.74. The van der Waals surface area contributed by atoms with Crippen LogP contribution in [-0.4, -0.2) is 12.5 Å². The van der Waals surface area contributed by atoms with Crippen LogP contribution in [-0.2, 0) is 12.8 Å². The Labute approximate surface area is 205 Å².